The van der Waals surface area contributed by atoms with E-state index in [1.54, 1.807) is 6.92 Å². The lowest BCUT2D eigenvalue weighted by Crippen LogP contribution is -2.44. The fourth-order valence-corrected chi connectivity index (χ4v) is 2.45. The maximum atomic E-state index is 12.1. The molecule has 1 amide bonds. The Balaban J connectivity index is 2.09. The van der Waals surface area contributed by atoms with E-state index in [4.69, 9.17) is 0 Å². The van der Waals surface area contributed by atoms with Crippen molar-refractivity contribution in [3.8, 4) is 0 Å². The second-order valence-corrected chi connectivity index (χ2v) is 5.18. The van der Waals surface area contributed by atoms with Crippen molar-refractivity contribution in [3.05, 3.63) is 33.7 Å². The van der Waals surface area contributed by atoms with Gasteiger partial charge < -0.3 is 15.4 Å². The van der Waals surface area contributed by atoms with Gasteiger partial charge in [-0.25, -0.2) is 0 Å². The summed E-state index contributed by atoms with van der Waals surface area (Å²) in [6.07, 6.45) is 5.43. The number of carbonyl (C=O) groups excluding carboxylic acids is 1. The Morgan fingerprint density at radius 1 is 1.37 bits per heavy atom. The number of hydrogen-bond acceptors (Lipinski definition) is 3. The smallest absolute Gasteiger partial charge is 0.257 e. The molecule has 104 valence electrons. The van der Waals surface area contributed by atoms with Crippen LogP contribution in [0, 0.1) is 6.92 Å². The molecule has 1 aliphatic carbocycles. The van der Waals surface area contributed by atoms with Crippen molar-refractivity contribution in [3.63, 3.8) is 0 Å². The molecule has 0 spiro atoms. The number of aliphatic hydroxyl groups excluding tert-OH is 1. The van der Waals surface area contributed by atoms with Crippen LogP contribution in [0.25, 0.3) is 0 Å². The first-order valence-electron chi connectivity index (χ1n) is 6.76. The zero-order valence-corrected chi connectivity index (χ0v) is 11.1. The first-order chi connectivity index (χ1) is 9.08. The number of amides is 1. The van der Waals surface area contributed by atoms with Gasteiger partial charge in [-0.2, -0.15) is 0 Å². The fourth-order valence-electron chi connectivity index (χ4n) is 2.45. The maximum absolute atomic E-state index is 12.1. The van der Waals surface area contributed by atoms with E-state index in [1.807, 2.05) is 0 Å². The molecule has 0 aliphatic heterocycles. The number of H-pyrrole nitrogens is 1. The Hall–Kier alpha value is -1.62. The molecule has 1 aliphatic rings. The van der Waals surface area contributed by atoms with Gasteiger partial charge in [0.1, 0.15) is 5.56 Å². The molecule has 0 radical (unpaired) electrons. The summed E-state index contributed by atoms with van der Waals surface area (Å²) in [5.74, 6) is -0.410. The van der Waals surface area contributed by atoms with Crippen molar-refractivity contribution in [2.24, 2.45) is 0 Å². The molecule has 1 aromatic heterocycles. The van der Waals surface area contributed by atoms with E-state index in [9.17, 15) is 14.7 Å². The monoisotopic (exact) mass is 264 g/mol. The number of nitrogens with one attached hydrogen (secondary N) is 2. The van der Waals surface area contributed by atoms with Gasteiger partial charge in [0, 0.05) is 18.0 Å². The largest absolute Gasteiger partial charge is 0.391 e. The topological polar surface area (TPSA) is 82.2 Å². The van der Waals surface area contributed by atoms with Gasteiger partial charge >= 0.3 is 0 Å². The molecule has 2 unspecified atom stereocenters. The standard InChI is InChI=1S/C14H20N2O3/c1-9-7-13(18)10(8-15-9)14(19)16-11-5-3-2-4-6-12(11)17/h7-8,11-12,17H,2-6H2,1H3,(H,15,18)(H,16,19). The molecule has 1 aromatic rings. The van der Waals surface area contributed by atoms with Gasteiger partial charge in [-0.05, 0) is 19.8 Å². The minimum atomic E-state index is -0.518. The summed E-state index contributed by atoms with van der Waals surface area (Å²) in [6.45, 7) is 1.76. The second-order valence-electron chi connectivity index (χ2n) is 5.18. The molecule has 0 aromatic carbocycles. The van der Waals surface area contributed by atoms with Gasteiger partial charge in [0.15, 0.2) is 5.43 Å². The van der Waals surface area contributed by atoms with Gasteiger partial charge in [-0.1, -0.05) is 19.3 Å². The van der Waals surface area contributed by atoms with Crippen molar-refractivity contribution < 1.29 is 9.90 Å². The Labute approximate surface area is 112 Å². The first kappa shape index (κ1) is 13.8. The second kappa shape index (κ2) is 6.02. The first-order valence-corrected chi connectivity index (χ1v) is 6.76. The van der Waals surface area contributed by atoms with Crippen LogP contribution in [0.2, 0.25) is 0 Å². The van der Waals surface area contributed by atoms with Gasteiger partial charge in [0.05, 0.1) is 12.1 Å². The third-order valence-corrected chi connectivity index (χ3v) is 3.60. The minimum Gasteiger partial charge on any atom is -0.391 e. The number of carbonyl (C=O) groups is 1. The van der Waals surface area contributed by atoms with E-state index in [2.05, 4.69) is 10.3 Å². The Morgan fingerprint density at radius 3 is 2.84 bits per heavy atom. The third-order valence-electron chi connectivity index (χ3n) is 3.60. The predicted molar refractivity (Wildman–Crippen MR) is 72.1 cm³/mol. The van der Waals surface area contributed by atoms with E-state index in [1.165, 1.54) is 12.3 Å². The minimum absolute atomic E-state index is 0.0991. The van der Waals surface area contributed by atoms with E-state index >= 15 is 0 Å². The number of aromatic amines is 1. The Morgan fingerprint density at radius 2 is 2.11 bits per heavy atom. The van der Waals surface area contributed by atoms with E-state index in [0.29, 0.717) is 6.42 Å². The van der Waals surface area contributed by atoms with Crippen molar-refractivity contribution in [1.82, 2.24) is 10.3 Å². The molecule has 2 atom stereocenters. The average Bonchev–Trinajstić information content (AvgIpc) is 2.55. The molecule has 1 saturated carbocycles. The van der Waals surface area contributed by atoms with Crippen molar-refractivity contribution in [2.75, 3.05) is 0 Å². The maximum Gasteiger partial charge on any atom is 0.257 e. The summed E-state index contributed by atoms with van der Waals surface area (Å²) in [7, 11) is 0. The van der Waals surface area contributed by atoms with Gasteiger partial charge in [0.2, 0.25) is 0 Å². The predicted octanol–water partition coefficient (Wildman–Crippen LogP) is 1.11. The molecule has 0 bridgehead atoms. The zero-order chi connectivity index (χ0) is 13.8. The van der Waals surface area contributed by atoms with E-state index in [0.717, 1.165) is 31.4 Å². The van der Waals surface area contributed by atoms with Crippen LogP contribution in [0.15, 0.2) is 17.1 Å². The molecule has 3 N–H and O–H groups in total. The number of aryl methyl sites for hydroxylation is 1. The summed E-state index contributed by atoms with van der Waals surface area (Å²) in [5, 5.41) is 12.7. The normalized spacial score (nSPS) is 23.7. The van der Waals surface area contributed by atoms with Gasteiger partial charge in [-0.3, -0.25) is 9.59 Å². The van der Waals surface area contributed by atoms with E-state index in [-0.39, 0.29) is 17.0 Å². The fraction of sp³-hybridized carbons (Fsp3) is 0.571. The van der Waals surface area contributed by atoms with Crippen LogP contribution in [0.4, 0.5) is 0 Å². The van der Waals surface area contributed by atoms with Crippen molar-refractivity contribution in [2.45, 2.75) is 51.2 Å². The number of aromatic nitrogens is 1. The van der Waals surface area contributed by atoms with Gasteiger partial charge in [-0.15, -0.1) is 0 Å². The quantitative estimate of drug-likeness (QED) is 0.700. The number of hydrogen-bond donors (Lipinski definition) is 3. The molecule has 5 heteroatoms. The summed E-state index contributed by atoms with van der Waals surface area (Å²) in [4.78, 5) is 26.6. The lowest BCUT2D eigenvalue weighted by molar-refractivity contribution is 0.0817. The number of pyridine rings is 1. The summed E-state index contributed by atoms with van der Waals surface area (Å²) in [5.41, 5.74) is 0.523. The molecular weight excluding hydrogens is 244 g/mol. The van der Waals surface area contributed by atoms with Crippen LogP contribution in [-0.2, 0) is 0 Å². The van der Waals surface area contributed by atoms with Crippen LogP contribution in [0.5, 0.6) is 0 Å². The molecule has 19 heavy (non-hydrogen) atoms. The molecule has 1 fully saturated rings. The average molecular weight is 264 g/mol. The summed E-state index contributed by atoms with van der Waals surface area (Å²) in [6, 6.07) is 1.15. The highest BCUT2D eigenvalue weighted by molar-refractivity contribution is 5.94. The van der Waals surface area contributed by atoms with Gasteiger partial charge in [0.25, 0.3) is 5.91 Å². The highest BCUT2D eigenvalue weighted by Gasteiger charge is 2.24. The Kier molecular flexibility index (Phi) is 4.37. The van der Waals surface area contributed by atoms with Crippen LogP contribution in [0.3, 0.4) is 0 Å². The molecule has 1 heterocycles. The highest BCUT2D eigenvalue weighted by atomic mass is 16.3. The molecule has 2 rings (SSSR count). The zero-order valence-electron chi connectivity index (χ0n) is 11.1. The lowest BCUT2D eigenvalue weighted by Gasteiger charge is -2.21. The van der Waals surface area contributed by atoms with Crippen molar-refractivity contribution in [1.29, 1.82) is 0 Å². The number of rotatable bonds is 2. The Bertz CT molecular complexity index is 510. The van der Waals surface area contributed by atoms with Crippen LogP contribution in [-0.4, -0.2) is 28.1 Å². The number of aliphatic hydroxyl groups is 1. The molecule has 0 saturated heterocycles. The summed E-state index contributed by atoms with van der Waals surface area (Å²) >= 11 is 0. The van der Waals surface area contributed by atoms with Crippen molar-refractivity contribution >= 4 is 5.91 Å². The van der Waals surface area contributed by atoms with E-state index < -0.39 is 12.0 Å². The van der Waals surface area contributed by atoms with Crippen LogP contribution < -0.4 is 10.7 Å². The summed E-state index contributed by atoms with van der Waals surface area (Å²) < 4.78 is 0. The third kappa shape index (κ3) is 3.44. The molecular formula is C14H20N2O3. The SMILES string of the molecule is Cc1cc(=O)c(C(=O)NC2CCCCCC2O)c[nH]1. The lowest BCUT2D eigenvalue weighted by atomic mass is 10.1. The van der Waals surface area contributed by atoms with Crippen LogP contribution in [0.1, 0.15) is 48.2 Å². The van der Waals surface area contributed by atoms with Crippen LogP contribution >= 0.6 is 0 Å². The molecule has 5 nitrogen and oxygen atoms in total. The highest BCUT2D eigenvalue weighted by Crippen LogP contribution is 2.18.